The monoisotopic (exact) mass is 295 g/mol. The summed E-state index contributed by atoms with van der Waals surface area (Å²) in [6, 6.07) is 4.27. The van der Waals surface area contributed by atoms with Gasteiger partial charge in [0.1, 0.15) is 17.1 Å². The van der Waals surface area contributed by atoms with E-state index >= 15 is 0 Å². The van der Waals surface area contributed by atoms with Crippen LogP contribution in [0.1, 0.15) is 29.6 Å². The lowest BCUT2D eigenvalue weighted by atomic mass is 10.0. The summed E-state index contributed by atoms with van der Waals surface area (Å²) in [4.78, 5) is 24.6. The number of hydrogen-bond donors (Lipinski definition) is 1. The molecule has 1 atom stereocenters. The second kappa shape index (κ2) is 6.56. The van der Waals surface area contributed by atoms with Gasteiger partial charge in [-0.3, -0.25) is 9.59 Å². The Bertz CT molecular complexity index is 546. The number of hydrogen-bond acceptors (Lipinski definition) is 3. The Labute approximate surface area is 122 Å². The standard InChI is InChI=1S/C15H18FNO4/c1-21-12-4-2-3-11(16)14(12)15(20)17-8-7-10(9-17)5-6-13(18)19/h2-4,10H,5-9H2,1H3,(H,18,19). The van der Waals surface area contributed by atoms with Crippen LogP contribution in [0.25, 0.3) is 0 Å². The van der Waals surface area contributed by atoms with Crippen LogP contribution in [0.15, 0.2) is 18.2 Å². The number of carbonyl (C=O) groups excluding carboxylic acids is 1. The summed E-state index contributed by atoms with van der Waals surface area (Å²) in [6.07, 6.45) is 1.37. The average Bonchev–Trinajstić information content (AvgIpc) is 2.93. The van der Waals surface area contributed by atoms with Gasteiger partial charge in [0.05, 0.1) is 7.11 Å². The molecule has 1 aliphatic rings. The van der Waals surface area contributed by atoms with Crippen molar-refractivity contribution in [2.24, 2.45) is 5.92 Å². The van der Waals surface area contributed by atoms with Crippen molar-refractivity contribution < 1.29 is 23.8 Å². The molecule has 1 aliphatic heterocycles. The van der Waals surface area contributed by atoms with Gasteiger partial charge in [-0.1, -0.05) is 6.07 Å². The number of amides is 1. The molecule has 1 saturated heterocycles. The first-order chi connectivity index (χ1) is 10.0. The second-order valence-electron chi connectivity index (χ2n) is 5.16. The third-order valence-electron chi connectivity index (χ3n) is 3.75. The molecule has 114 valence electrons. The van der Waals surface area contributed by atoms with E-state index in [-0.39, 0.29) is 23.7 Å². The summed E-state index contributed by atoms with van der Waals surface area (Å²) in [6.45, 7) is 0.976. The van der Waals surface area contributed by atoms with Crippen LogP contribution in [0, 0.1) is 11.7 Å². The molecule has 21 heavy (non-hydrogen) atoms. The van der Waals surface area contributed by atoms with Crippen molar-refractivity contribution in [3.05, 3.63) is 29.6 Å². The zero-order chi connectivity index (χ0) is 15.4. The van der Waals surface area contributed by atoms with Crippen LogP contribution in [-0.2, 0) is 4.79 Å². The minimum absolute atomic E-state index is 0.0566. The minimum atomic E-state index is -0.837. The zero-order valence-electron chi connectivity index (χ0n) is 11.8. The molecule has 0 bridgehead atoms. The van der Waals surface area contributed by atoms with Crippen LogP contribution in [0.4, 0.5) is 4.39 Å². The fourth-order valence-electron chi connectivity index (χ4n) is 2.62. The average molecular weight is 295 g/mol. The van der Waals surface area contributed by atoms with Gasteiger partial charge in [-0.05, 0) is 30.9 Å². The lowest BCUT2D eigenvalue weighted by Crippen LogP contribution is -2.30. The summed E-state index contributed by atoms with van der Waals surface area (Å²) in [5.74, 6) is -1.47. The van der Waals surface area contributed by atoms with E-state index in [0.29, 0.717) is 19.5 Å². The number of benzene rings is 1. The molecule has 0 saturated carbocycles. The van der Waals surface area contributed by atoms with Crippen LogP contribution in [-0.4, -0.2) is 42.1 Å². The highest BCUT2D eigenvalue weighted by molar-refractivity contribution is 5.97. The molecule has 6 heteroatoms. The molecule has 0 radical (unpaired) electrons. The van der Waals surface area contributed by atoms with Crippen LogP contribution >= 0.6 is 0 Å². The third kappa shape index (κ3) is 3.51. The maximum absolute atomic E-state index is 13.9. The fourth-order valence-corrected chi connectivity index (χ4v) is 2.62. The first-order valence-corrected chi connectivity index (χ1v) is 6.86. The third-order valence-corrected chi connectivity index (χ3v) is 3.75. The van der Waals surface area contributed by atoms with Crippen molar-refractivity contribution in [3.63, 3.8) is 0 Å². The maximum Gasteiger partial charge on any atom is 0.303 e. The van der Waals surface area contributed by atoms with Crippen LogP contribution in [0.2, 0.25) is 0 Å². The first kappa shape index (κ1) is 15.3. The Morgan fingerprint density at radius 2 is 2.24 bits per heavy atom. The number of halogens is 1. The molecule has 0 aromatic heterocycles. The highest BCUT2D eigenvalue weighted by atomic mass is 19.1. The summed E-state index contributed by atoms with van der Waals surface area (Å²) in [5.41, 5.74) is -0.0566. The largest absolute Gasteiger partial charge is 0.496 e. The number of carboxylic acids is 1. The molecule has 1 aromatic rings. The van der Waals surface area contributed by atoms with E-state index in [9.17, 15) is 14.0 Å². The molecule has 1 heterocycles. The van der Waals surface area contributed by atoms with Crippen LogP contribution in [0.3, 0.4) is 0 Å². The smallest absolute Gasteiger partial charge is 0.303 e. The van der Waals surface area contributed by atoms with Gasteiger partial charge in [0, 0.05) is 19.5 Å². The quantitative estimate of drug-likeness (QED) is 0.904. The van der Waals surface area contributed by atoms with Crippen molar-refractivity contribution in [1.82, 2.24) is 4.90 Å². The van der Waals surface area contributed by atoms with Gasteiger partial charge >= 0.3 is 5.97 Å². The predicted octanol–water partition coefficient (Wildman–Crippen LogP) is 2.16. The van der Waals surface area contributed by atoms with E-state index in [0.717, 1.165) is 6.42 Å². The Morgan fingerprint density at radius 3 is 2.90 bits per heavy atom. The van der Waals surface area contributed by atoms with Gasteiger partial charge in [0.25, 0.3) is 5.91 Å². The van der Waals surface area contributed by atoms with Gasteiger partial charge in [-0.15, -0.1) is 0 Å². The maximum atomic E-state index is 13.9. The van der Waals surface area contributed by atoms with E-state index < -0.39 is 17.7 Å². The SMILES string of the molecule is COc1cccc(F)c1C(=O)N1CCC(CCC(=O)O)C1. The molecule has 1 fully saturated rings. The van der Waals surface area contributed by atoms with Crippen molar-refractivity contribution in [1.29, 1.82) is 0 Å². The molecule has 1 amide bonds. The molecular weight excluding hydrogens is 277 g/mol. The Kier molecular flexibility index (Phi) is 4.77. The minimum Gasteiger partial charge on any atom is -0.496 e. The summed E-state index contributed by atoms with van der Waals surface area (Å²) >= 11 is 0. The number of aliphatic carboxylic acids is 1. The van der Waals surface area contributed by atoms with Crippen LogP contribution < -0.4 is 4.74 Å². The van der Waals surface area contributed by atoms with Crippen molar-refractivity contribution in [2.75, 3.05) is 20.2 Å². The van der Waals surface area contributed by atoms with E-state index in [2.05, 4.69) is 0 Å². The van der Waals surface area contributed by atoms with Gasteiger partial charge in [-0.2, -0.15) is 0 Å². The number of rotatable bonds is 5. The Balaban J connectivity index is 2.07. The lowest BCUT2D eigenvalue weighted by molar-refractivity contribution is -0.137. The van der Waals surface area contributed by atoms with Crippen molar-refractivity contribution in [3.8, 4) is 5.75 Å². The van der Waals surface area contributed by atoms with E-state index in [1.807, 2.05) is 0 Å². The highest BCUT2D eigenvalue weighted by Crippen LogP contribution is 2.27. The predicted molar refractivity (Wildman–Crippen MR) is 73.8 cm³/mol. The van der Waals surface area contributed by atoms with Crippen molar-refractivity contribution >= 4 is 11.9 Å². The molecule has 1 N–H and O–H groups in total. The van der Waals surface area contributed by atoms with E-state index in [1.165, 1.54) is 19.2 Å². The second-order valence-corrected chi connectivity index (χ2v) is 5.16. The van der Waals surface area contributed by atoms with Crippen LogP contribution in [0.5, 0.6) is 5.75 Å². The summed E-state index contributed by atoms with van der Waals surface area (Å²) in [7, 11) is 1.39. The normalized spacial score (nSPS) is 17.8. The van der Waals surface area contributed by atoms with E-state index in [1.54, 1.807) is 11.0 Å². The number of nitrogens with zero attached hydrogens (tertiary/aromatic N) is 1. The van der Waals surface area contributed by atoms with Gasteiger partial charge < -0.3 is 14.7 Å². The molecule has 2 rings (SSSR count). The first-order valence-electron chi connectivity index (χ1n) is 6.86. The molecule has 1 aromatic carbocycles. The van der Waals surface area contributed by atoms with Gasteiger partial charge in [0.15, 0.2) is 0 Å². The fraction of sp³-hybridized carbons (Fsp3) is 0.467. The highest BCUT2D eigenvalue weighted by Gasteiger charge is 2.30. The Morgan fingerprint density at radius 1 is 1.48 bits per heavy atom. The zero-order valence-corrected chi connectivity index (χ0v) is 11.8. The van der Waals surface area contributed by atoms with Gasteiger partial charge in [0.2, 0.25) is 0 Å². The molecule has 0 aliphatic carbocycles. The molecular formula is C15H18FNO4. The topological polar surface area (TPSA) is 66.8 Å². The molecule has 5 nitrogen and oxygen atoms in total. The molecule has 1 unspecified atom stereocenters. The summed E-state index contributed by atoms with van der Waals surface area (Å²) in [5, 5.41) is 8.68. The number of likely N-dealkylation sites (tertiary alicyclic amines) is 1. The van der Waals surface area contributed by atoms with Crippen molar-refractivity contribution in [2.45, 2.75) is 19.3 Å². The lowest BCUT2D eigenvalue weighted by Gasteiger charge is -2.18. The van der Waals surface area contributed by atoms with Gasteiger partial charge in [-0.25, -0.2) is 4.39 Å². The number of ether oxygens (including phenoxy) is 1. The number of carbonyl (C=O) groups is 2. The van der Waals surface area contributed by atoms with E-state index in [4.69, 9.17) is 9.84 Å². The molecule has 0 spiro atoms. The number of carboxylic acid groups (broad SMARTS) is 1. The Hall–Kier alpha value is -2.11. The number of methoxy groups -OCH3 is 1. The summed E-state index contributed by atoms with van der Waals surface area (Å²) < 4.78 is 18.9.